The van der Waals surface area contributed by atoms with Crippen molar-refractivity contribution in [2.24, 2.45) is 11.3 Å². The standard InChI is InChI=1S/C12H25NO2/c1-6-12(7-2,11(14)15)8-13-10(5)9(3)4/h9-10,13H,6-8H2,1-5H3,(H,14,15). The minimum Gasteiger partial charge on any atom is -0.481 e. The molecule has 0 rings (SSSR count). The Labute approximate surface area is 93.3 Å². The molecule has 1 atom stereocenters. The molecule has 3 nitrogen and oxygen atoms in total. The summed E-state index contributed by atoms with van der Waals surface area (Å²) in [6.07, 6.45) is 1.35. The lowest BCUT2D eigenvalue weighted by atomic mass is 9.82. The summed E-state index contributed by atoms with van der Waals surface area (Å²) in [5.41, 5.74) is -0.594. The van der Waals surface area contributed by atoms with Crippen molar-refractivity contribution >= 4 is 5.97 Å². The fourth-order valence-electron chi connectivity index (χ4n) is 1.47. The highest BCUT2D eigenvalue weighted by atomic mass is 16.4. The lowest BCUT2D eigenvalue weighted by molar-refractivity contribution is -0.149. The second-order valence-electron chi connectivity index (χ2n) is 4.71. The van der Waals surface area contributed by atoms with E-state index in [0.29, 0.717) is 31.3 Å². The first kappa shape index (κ1) is 14.4. The van der Waals surface area contributed by atoms with Gasteiger partial charge in [0.1, 0.15) is 0 Å². The van der Waals surface area contributed by atoms with Crippen molar-refractivity contribution in [3.63, 3.8) is 0 Å². The molecular formula is C12H25NO2. The predicted molar refractivity (Wildman–Crippen MR) is 63.0 cm³/mol. The number of carboxylic acids is 1. The van der Waals surface area contributed by atoms with Crippen LogP contribution in [0.5, 0.6) is 0 Å². The Kier molecular flexibility index (Phi) is 5.88. The van der Waals surface area contributed by atoms with Crippen LogP contribution in [0.2, 0.25) is 0 Å². The minimum atomic E-state index is -0.684. The monoisotopic (exact) mass is 215 g/mol. The molecule has 0 aromatic carbocycles. The maximum absolute atomic E-state index is 11.2. The van der Waals surface area contributed by atoms with Crippen LogP contribution in [0.4, 0.5) is 0 Å². The van der Waals surface area contributed by atoms with Crippen molar-refractivity contribution in [2.75, 3.05) is 6.54 Å². The van der Waals surface area contributed by atoms with Crippen molar-refractivity contribution < 1.29 is 9.90 Å². The van der Waals surface area contributed by atoms with Crippen LogP contribution in [0.3, 0.4) is 0 Å². The molecule has 0 aromatic heterocycles. The normalized spacial score (nSPS) is 14.3. The van der Waals surface area contributed by atoms with Crippen LogP contribution in [-0.4, -0.2) is 23.7 Å². The number of hydrogen-bond donors (Lipinski definition) is 2. The van der Waals surface area contributed by atoms with E-state index in [-0.39, 0.29) is 0 Å². The molecule has 90 valence electrons. The van der Waals surface area contributed by atoms with Gasteiger partial charge < -0.3 is 10.4 Å². The average molecular weight is 215 g/mol. The van der Waals surface area contributed by atoms with Crippen molar-refractivity contribution in [2.45, 2.75) is 53.5 Å². The van der Waals surface area contributed by atoms with E-state index in [1.807, 2.05) is 13.8 Å². The van der Waals surface area contributed by atoms with Crippen molar-refractivity contribution in [3.8, 4) is 0 Å². The minimum absolute atomic E-state index is 0.363. The summed E-state index contributed by atoms with van der Waals surface area (Å²) >= 11 is 0. The quantitative estimate of drug-likeness (QED) is 0.686. The Morgan fingerprint density at radius 2 is 1.73 bits per heavy atom. The van der Waals surface area contributed by atoms with Gasteiger partial charge in [0, 0.05) is 12.6 Å². The molecule has 0 fully saturated rings. The number of carbonyl (C=O) groups is 1. The van der Waals surface area contributed by atoms with Gasteiger partial charge in [-0.15, -0.1) is 0 Å². The summed E-state index contributed by atoms with van der Waals surface area (Å²) in [4.78, 5) is 11.2. The maximum Gasteiger partial charge on any atom is 0.310 e. The zero-order valence-corrected chi connectivity index (χ0v) is 10.6. The Morgan fingerprint density at radius 1 is 1.27 bits per heavy atom. The van der Waals surface area contributed by atoms with E-state index in [2.05, 4.69) is 26.1 Å². The van der Waals surface area contributed by atoms with E-state index in [9.17, 15) is 9.90 Å². The van der Waals surface area contributed by atoms with E-state index in [0.717, 1.165) is 0 Å². The van der Waals surface area contributed by atoms with Gasteiger partial charge in [0.05, 0.1) is 5.41 Å². The predicted octanol–water partition coefficient (Wildman–Crippen LogP) is 2.51. The lowest BCUT2D eigenvalue weighted by Crippen LogP contribution is -2.44. The summed E-state index contributed by atoms with van der Waals surface area (Å²) in [5.74, 6) is -0.152. The van der Waals surface area contributed by atoms with Crippen LogP contribution < -0.4 is 5.32 Å². The van der Waals surface area contributed by atoms with Crippen LogP contribution in [0.15, 0.2) is 0 Å². The molecule has 0 spiro atoms. The topological polar surface area (TPSA) is 49.3 Å². The fraction of sp³-hybridized carbons (Fsp3) is 0.917. The molecular weight excluding hydrogens is 190 g/mol. The van der Waals surface area contributed by atoms with E-state index in [1.165, 1.54) is 0 Å². The largest absolute Gasteiger partial charge is 0.481 e. The highest BCUT2D eigenvalue weighted by molar-refractivity contribution is 5.74. The smallest absolute Gasteiger partial charge is 0.310 e. The Balaban J connectivity index is 4.37. The number of hydrogen-bond acceptors (Lipinski definition) is 2. The molecule has 15 heavy (non-hydrogen) atoms. The summed E-state index contributed by atoms with van der Waals surface area (Å²) in [6, 6.07) is 0.363. The molecule has 0 saturated carbocycles. The van der Waals surface area contributed by atoms with Crippen LogP contribution in [0, 0.1) is 11.3 Å². The molecule has 0 heterocycles. The Bertz CT molecular complexity index is 198. The van der Waals surface area contributed by atoms with Crippen molar-refractivity contribution in [1.29, 1.82) is 0 Å². The van der Waals surface area contributed by atoms with Gasteiger partial charge in [-0.05, 0) is 25.7 Å². The molecule has 0 radical (unpaired) electrons. The number of aliphatic carboxylic acids is 1. The molecule has 1 unspecified atom stereocenters. The zero-order chi connectivity index (χ0) is 12.1. The van der Waals surface area contributed by atoms with Crippen LogP contribution >= 0.6 is 0 Å². The van der Waals surface area contributed by atoms with Crippen molar-refractivity contribution in [3.05, 3.63) is 0 Å². The third-order valence-corrected chi connectivity index (χ3v) is 3.57. The second-order valence-corrected chi connectivity index (χ2v) is 4.71. The Hall–Kier alpha value is -0.570. The van der Waals surface area contributed by atoms with Crippen molar-refractivity contribution in [1.82, 2.24) is 5.32 Å². The first-order chi connectivity index (χ1) is 6.89. The van der Waals surface area contributed by atoms with Crippen LogP contribution in [0.1, 0.15) is 47.5 Å². The average Bonchev–Trinajstić information content (AvgIpc) is 2.19. The molecule has 0 aliphatic rings. The summed E-state index contributed by atoms with van der Waals surface area (Å²) in [5, 5.41) is 12.6. The van der Waals surface area contributed by atoms with Gasteiger partial charge in [-0.25, -0.2) is 0 Å². The van der Waals surface area contributed by atoms with Crippen LogP contribution in [0.25, 0.3) is 0 Å². The van der Waals surface area contributed by atoms with Gasteiger partial charge in [-0.2, -0.15) is 0 Å². The SMILES string of the molecule is CCC(CC)(CNC(C)C(C)C)C(=O)O. The van der Waals surface area contributed by atoms with Gasteiger partial charge in [-0.3, -0.25) is 4.79 Å². The lowest BCUT2D eigenvalue weighted by Gasteiger charge is -2.29. The second kappa shape index (κ2) is 6.11. The molecule has 0 aliphatic carbocycles. The first-order valence-electron chi connectivity index (χ1n) is 5.86. The van der Waals surface area contributed by atoms with E-state index < -0.39 is 11.4 Å². The van der Waals surface area contributed by atoms with Gasteiger partial charge in [0.15, 0.2) is 0 Å². The number of nitrogens with one attached hydrogen (secondary N) is 1. The highest BCUT2D eigenvalue weighted by Crippen LogP contribution is 2.26. The summed E-state index contributed by atoms with van der Waals surface area (Å²) in [7, 11) is 0. The molecule has 3 heteroatoms. The van der Waals surface area contributed by atoms with Crippen LogP contribution in [-0.2, 0) is 4.79 Å². The third kappa shape index (κ3) is 3.82. The zero-order valence-electron chi connectivity index (χ0n) is 10.6. The van der Waals surface area contributed by atoms with Gasteiger partial charge in [-0.1, -0.05) is 27.7 Å². The van der Waals surface area contributed by atoms with E-state index in [1.54, 1.807) is 0 Å². The summed E-state index contributed by atoms with van der Waals surface area (Å²) in [6.45, 7) is 10.8. The first-order valence-corrected chi connectivity index (χ1v) is 5.86. The molecule has 2 N–H and O–H groups in total. The molecule has 0 saturated heterocycles. The molecule has 0 aromatic rings. The summed E-state index contributed by atoms with van der Waals surface area (Å²) < 4.78 is 0. The van der Waals surface area contributed by atoms with E-state index in [4.69, 9.17) is 0 Å². The molecule has 0 aliphatic heterocycles. The molecule has 0 amide bonds. The third-order valence-electron chi connectivity index (χ3n) is 3.57. The fourth-order valence-corrected chi connectivity index (χ4v) is 1.47. The maximum atomic E-state index is 11.2. The number of rotatable bonds is 7. The van der Waals surface area contributed by atoms with Gasteiger partial charge in [0.25, 0.3) is 0 Å². The van der Waals surface area contributed by atoms with Gasteiger partial charge in [0.2, 0.25) is 0 Å². The van der Waals surface area contributed by atoms with Gasteiger partial charge >= 0.3 is 5.97 Å². The number of carboxylic acid groups (broad SMARTS) is 1. The molecule has 0 bridgehead atoms. The Morgan fingerprint density at radius 3 is 2.00 bits per heavy atom. The van der Waals surface area contributed by atoms with E-state index >= 15 is 0 Å². The highest BCUT2D eigenvalue weighted by Gasteiger charge is 2.34.